The van der Waals surface area contributed by atoms with Crippen LogP contribution in [0.1, 0.15) is 25.6 Å². The van der Waals surface area contributed by atoms with Crippen LogP contribution in [0, 0.1) is 0 Å². The molecular formula is C11H16F3N3O2. The highest BCUT2D eigenvalue weighted by molar-refractivity contribution is 5.33. The summed E-state index contributed by atoms with van der Waals surface area (Å²) in [6.45, 7) is 2.48. The molecule has 2 N–H and O–H groups in total. The zero-order chi connectivity index (χ0) is 14.5. The van der Waals surface area contributed by atoms with Gasteiger partial charge in [0.1, 0.15) is 18.2 Å². The summed E-state index contributed by atoms with van der Waals surface area (Å²) >= 11 is 0. The van der Waals surface area contributed by atoms with E-state index in [2.05, 4.69) is 20.0 Å². The van der Waals surface area contributed by atoms with Crippen LogP contribution >= 0.6 is 0 Å². The number of nitrogens with zero attached hydrogens (tertiary/aromatic N) is 1. The Hall–Kier alpha value is -1.57. The van der Waals surface area contributed by atoms with Crippen LogP contribution in [0.15, 0.2) is 10.9 Å². The molecule has 5 nitrogen and oxygen atoms in total. The molecule has 1 aromatic rings. The second-order valence-electron chi connectivity index (χ2n) is 4.27. The van der Waals surface area contributed by atoms with Crippen LogP contribution in [0.25, 0.3) is 0 Å². The predicted octanol–water partition coefficient (Wildman–Crippen LogP) is 1.88. The first-order valence-electron chi connectivity index (χ1n) is 5.77. The first kappa shape index (κ1) is 15.5. The molecule has 0 aliphatic carbocycles. The molecule has 0 atom stereocenters. The van der Waals surface area contributed by atoms with Gasteiger partial charge in [-0.25, -0.2) is 4.98 Å². The number of H-pyrrole nitrogens is 1. The van der Waals surface area contributed by atoms with Crippen molar-refractivity contribution in [3.63, 3.8) is 0 Å². The topological polar surface area (TPSA) is 67.0 Å². The second kappa shape index (κ2) is 6.55. The molecule has 1 aromatic heterocycles. The van der Waals surface area contributed by atoms with Gasteiger partial charge >= 0.3 is 6.18 Å². The number of halogens is 3. The summed E-state index contributed by atoms with van der Waals surface area (Å²) in [5.41, 5.74) is -0.308. The number of hydrogen-bond donors (Lipinski definition) is 2. The minimum absolute atomic E-state index is 0.0518. The van der Waals surface area contributed by atoms with Crippen LogP contribution in [0.2, 0.25) is 0 Å². The number of rotatable bonds is 6. The van der Waals surface area contributed by atoms with Crippen LogP contribution in [0.5, 0.6) is 0 Å². The molecule has 1 heterocycles. The van der Waals surface area contributed by atoms with Crippen LogP contribution in [-0.2, 0) is 4.74 Å². The van der Waals surface area contributed by atoms with Crippen molar-refractivity contribution in [1.82, 2.24) is 9.97 Å². The maximum absolute atomic E-state index is 11.8. The molecule has 1 rings (SSSR count). The number of aromatic amines is 1. The number of aromatic nitrogens is 2. The molecule has 0 saturated heterocycles. The van der Waals surface area contributed by atoms with Crippen LogP contribution in [0.4, 0.5) is 19.0 Å². The summed E-state index contributed by atoms with van der Waals surface area (Å²) in [5.74, 6) is 0.894. The van der Waals surface area contributed by atoms with E-state index in [-0.39, 0.29) is 24.6 Å². The number of alkyl halides is 3. The van der Waals surface area contributed by atoms with Gasteiger partial charge in [-0.15, -0.1) is 0 Å². The summed E-state index contributed by atoms with van der Waals surface area (Å²) in [6.07, 6.45) is -4.33. The third kappa shape index (κ3) is 6.23. The fourth-order valence-electron chi connectivity index (χ4n) is 1.28. The van der Waals surface area contributed by atoms with Gasteiger partial charge in [-0.2, -0.15) is 13.2 Å². The van der Waals surface area contributed by atoms with Crippen molar-refractivity contribution in [3.8, 4) is 0 Å². The summed E-state index contributed by atoms with van der Waals surface area (Å²) in [6, 6.07) is 1.25. The first-order chi connectivity index (χ1) is 8.78. The predicted molar refractivity (Wildman–Crippen MR) is 64.3 cm³/mol. The molecule has 0 radical (unpaired) electrons. The number of ether oxygens (including phenoxy) is 1. The average molecular weight is 279 g/mol. The van der Waals surface area contributed by atoms with Gasteiger partial charge in [-0.05, 0) is 0 Å². The minimum atomic E-state index is -4.33. The minimum Gasteiger partial charge on any atom is -0.370 e. The van der Waals surface area contributed by atoms with Gasteiger partial charge < -0.3 is 15.0 Å². The van der Waals surface area contributed by atoms with E-state index in [0.717, 1.165) is 0 Å². The van der Waals surface area contributed by atoms with Gasteiger partial charge in [-0.3, -0.25) is 4.79 Å². The summed E-state index contributed by atoms with van der Waals surface area (Å²) < 4.78 is 39.8. The van der Waals surface area contributed by atoms with Gasteiger partial charge in [0.15, 0.2) is 0 Å². The van der Waals surface area contributed by atoms with Gasteiger partial charge in [0.25, 0.3) is 5.56 Å². The molecule has 0 fully saturated rings. The molecule has 0 aliphatic heterocycles. The molecule has 0 saturated carbocycles. The molecule has 0 spiro atoms. The van der Waals surface area contributed by atoms with Crippen molar-refractivity contribution < 1.29 is 17.9 Å². The van der Waals surface area contributed by atoms with Crippen LogP contribution < -0.4 is 10.9 Å². The van der Waals surface area contributed by atoms with Crippen molar-refractivity contribution in [3.05, 3.63) is 22.2 Å². The molecule has 19 heavy (non-hydrogen) atoms. The first-order valence-corrected chi connectivity index (χ1v) is 5.77. The lowest BCUT2D eigenvalue weighted by atomic mass is 10.2. The van der Waals surface area contributed by atoms with Crippen LogP contribution in [0.3, 0.4) is 0 Å². The van der Waals surface area contributed by atoms with Crippen molar-refractivity contribution in [2.75, 3.05) is 25.1 Å². The van der Waals surface area contributed by atoms with Gasteiger partial charge in [0, 0.05) is 18.5 Å². The maximum atomic E-state index is 11.8. The second-order valence-corrected chi connectivity index (χ2v) is 4.27. The largest absolute Gasteiger partial charge is 0.411 e. The molecule has 0 bridgehead atoms. The van der Waals surface area contributed by atoms with Crippen molar-refractivity contribution in [2.24, 2.45) is 0 Å². The van der Waals surface area contributed by atoms with Crippen molar-refractivity contribution in [1.29, 1.82) is 0 Å². The van der Waals surface area contributed by atoms with Gasteiger partial charge in [0.2, 0.25) is 0 Å². The third-order valence-corrected chi connectivity index (χ3v) is 2.13. The molecule has 108 valence electrons. The van der Waals surface area contributed by atoms with E-state index in [1.807, 2.05) is 13.8 Å². The van der Waals surface area contributed by atoms with E-state index >= 15 is 0 Å². The third-order valence-electron chi connectivity index (χ3n) is 2.13. The maximum Gasteiger partial charge on any atom is 0.411 e. The zero-order valence-electron chi connectivity index (χ0n) is 10.7. The normalized spacial score (nSPS) is 11.9. The van der Waals surface area contributed by atoms with Gasteiger partial charge in [0.05, 0.1) is 6.61 Å². The van der Waals surface area contributed by atoms with Crippen molar-refractivity contribution in [2.45, 2.75) is 25.9 Å². The Morgan fingerprint density at radius 3 is 2.74 bits per heavy atom. The Morgan fingerprint density at radius 2 is 2.16 bits per heavy atom. The molecule has 0 amide bonds. The highest BCUT2D eigenvalue weighted by Crippen LogP contribution is 2.14. The Labute approximate surface area is 108 Å². The Morgan fingerprint density at radius 1 is 1.47 bits per heavy atom. The lowest BCUT2D eigenvalue weighted by Crippen LogP contribution is -2.21. The molecular weight excluding hydrogens is 263 g/mol. The van der Waals surface area contributed by atoms with Crippen LogP contribution in [-0.4, -0.2) is 35.9 Å². The van der Waals surface area contributed by atoms with E-state index in [1.165, 1.54) is 6.07 Å². The number of anilines is 1. The smallest absolute Gasteiger partial charge is 0.370 e. The van der Waals surface area contributed by atoms with E-state index in [1.54, 1.807) is 0 Å². The van der Waals surface area contributed by atoms with E-state index in [9.17, 15) is 18.0 Å². The summed E-state index contributed by atoms with van der Waals surface area (Å²) in [5, 5.41) is 2.74. The fraction of sp³-hybridized carbons (Fsp3) is 0.636. The lowest BCUT2D eigenvalue weighted by Gasteiger charge is -2.10. The van der Waals surface area contributed by atoms with E-state index < -0.39 is 12.8 Å². The Balaban J connectivity index is 2.43. The van der Waals surface area contributed by atoms with Crippen molar-refractivity contribution >= 4 is 5.82 Å². The summed E-state index contributed by atoms with van der Waals surface area (Å²) in [4.78, 5) is 18.0. The number of nitrogens with one attached hydrogen (secondary N) is 2. The van der Waals surface area contributed by atoms with Gasteiger partial charge in [-0.1, -0.05) is 13.8 Å². The lowest BCUT2D eigenvalue weighted by molar-refractivity contribution is -0.172. The SMILES string of the molecule is CC(C)c1nc(NCCOCC(F)(F)F)cc(=O)[nH]1. The highest BCUT2D eigenvalue weighted by atomic mass is 19.4. The van der Waals surface area contributed by atoms with E-state index in [0.29, 0.717) is 11.6 Å². The monoisotopic (exact) mass is 279 g/mol. The molecule has 0 aromatic carbocycles. The average Bonchev–Trinajstić information content (AvgIpc) is 2.26. The Bertz CT molecular complexity index is 457. The zero-order valence-corrected chi connectivity index (χ0v) is 10.7. The highest BCUT2D eigenvalue weighted by Gasteiger charge is 2.27. The Kier molecular flexibility index (Phi) is 5.34. The number of hydrogen-bond acceptors (Lipinski definition) is 4. The van der Waals surface area contributed by atoms with E-state index in [4.69, 9.17) is 0 Å². The quantitative estimate of drug-likeness (QED) is 0.780. The molecule has 0 unspecified atom stereocenters. The summed E-state index contributed by atoms with van der Waals surface area (Å²) in [7, 11) is 0. The molecule has 0 aliphatic rings. The molecule has 8 heteroatoms. The fourth-order valence-corrected chi connectivity index (χ4v) is 1.28. The standard InChI is InChI=1S/C11H16F3N3O2/c1-7(2)10-16-8(5-9(18)17-10)15-3-4-19-6-11(12,13)14/h5,7H,3-4,6H2,1-2H3,(H2,15,16,17,18).